The first-order valence-electron chi connectivity index (χ1n) is 6.97. The summed E-state index contributed by atoms with van der Waals surface area (Å²) in [5.74, 6) is -0.339. The van der Waals surface area contributed by atoms with Crippen LogP contribution in [0.3, 0.4) is 0 Å². The maximum Gasteiger partial charge on any atom is 0.234 e. The molecule has 0 radical (unpaired) electrons. The first-order valence-corrected chi connectivity index (χ1v) is 7.35. The van der Waals surface area contributed by atoms with E-state index >= 15 is 0 Å². The summed E-state index contributed by atoms with van der Waals surface area (Å²) in [6.45, 7) is 1.25. The molecule has 0 saturated carbocycles. The number of nitrogens with one attached hydrogen (secondary N) is 1. The van der Waals surface area contributed by atoms with Crippen molar-refractivity contribution in [3.05, 3.63) is 70.5 Å². The summed E-state index contributed by atoms with van der Waals surface area (Å²) in [6, 6.07) is 13.7. The monoisotopic (exact) mass is 320 g/mol. The van der Waals surface area contributed by atoms with Crippen molar-refractivity contribution in [1.82, 2.24) is 10.2 Å². The fourth-order valence-corrected chi connectivity index (χ4v) is 2.30. The molecular formula is C17H18ClFN2O. The van der Waals surface area contributed by atoms with Crippen molar-refractivity contribution in [2.45, 2.75) is 13.1 Å². The zero-order valence-electron chi connectivity index (χ0n) is 12.4. The Hall–Kier alpha value is -1.91. The summed E-state index contributed by atoms with van der Waals surface area (Å²) in [4.78, 5) is 13.8. The molecule has 0 aliphatic carbocycles. The molecule has 1 amide bonds. The molecule has 2 aromatic carbocycles. The van der Waals surface area contributed by atoms with Gasteiger partial charge in [-0.05, 0) is 36.4 Å². The van der Waals surface area contributed by atoms with Crippen LogP contribution in [0, 0.1) is 5.82 Å². The summed E-state index contributed by atoms with van der Waals surface area (Å²) in [5, 5.41) is 3.48. The molecule has 3 nitrogen and oxygen atoms in total. The molecule has 22 heavy (non-hydrogen) atoms. The number of carbonyl (C=O) groups is 1. The van der Waals surface area contributed by atoms with Gasteiger partial charge in [0.15, 0.2) is 0 Å². The third-order valence-electron chi connectivity index (χ3n) is 3.21. The second-order valence-electron chi connectivity index (χ2n) is 5.17. The molecule has 2 rings (SSSR count). The van der Waals surface area contributed by atoms with Crippen LogP contribution in [0.15, 0.2) is 48.5 Å². The normalized spacial score (nSPS) is 10.7. The number of amides is 1. The molecule has 0 aromatic heterocycles. The minimum absolute atomic E-state index is 0.0791. The highest BCUT2D eigenvalue weighted by molar-refractivity contribution is 6.31. The highest BCUT2D eigenvalue weighted by atomic mass is 35.5. The minimum Gasteiger partial charge on any atom is -0.351 e. The lowest BCUT2D eigenvalue weighted by atomic mass is 10.2. The van der Waals surface area contributed by atoms with Crippen LogP contribution in [0.5, 0.6) is 0 Å². The number of rotatable bonds is 6. The van der Waals surface area contributed by atoms with E-state index in [9.17, 15) is 9.18 Å². The first-order chi connectivity index (χ1) is 10.5. The molecule has 0 aliphatic rings. The largest absolute Gasteiger partial charge is 0.351 e. The first kappa shape index (κ1) is 16.5. The molecule has 1 N–H and O–H groups in total. The van der Waals surface area contributed by atoms with E-state index in [0.717, 1.165) is 11.1 Å². The van der Waals surface area contributed by atoms with Gasteiger partial charge in [-0.25, -0.2) is 4.39 Å². The number of carbonyl (C=O) groups excluding carboxylic acids is 1. The summed E-state index contributed by atoms with van der Waals surface area (Å²) in [5.41, 5.74) is 1.85. The van der Waals surface area contributed by atoms with Crippen molar-refractivity contribution in [3.8, 4) is 0 Å². The Morgan fingerprint density at radius 2 is 1.86 bits per heavy atom. The van der Waals surface area contributed by atoms with Crippen LogP contribution in [0.2, 0.25) is 5.02 Å². The van der Waals surface area contributed by atoms with Crippen molar-refractivity contribution in [3.63, 3.8) is 0 Å². The highest BCUT2D eigenvalue weighted by Crippen LogP contribution is 2.14. The third kappa shape index (κ3) is 5.13. The number of nitrogens with zero attached hydrogens (tertiary/aromatic N) is 1. The van der Waals surface area contributed by atoms with Gasteiger partial charge in [0.1, 0.15) is 5.82 Å². The Morgan fingerprint density at radius 1 is 1.18 bits per heavy atom. The Labute approximate surface area is 134 Å². The number of hydrogen-bond acceptors (Lipinski definition) is 2. The maximum absolute atomic E-state index is 12.8. The van der Waals surface area contributed by atoms with Gasteiger partial charge in [-0.15, -0.1) is 0 Å². The lowest BCUT2D eigenvalue weighted by Crippen LogP contribution is -2.34. The smallest absolute Gasteiger partial charge is 0.234 e. The van der Waals surface area contributed by atoms with Crippen molar-refractivity contribution in [1.29, 1.82) is 0 Å². The van der Waals surface area contributed by atoms with Gasteiger partial charge in [0.2, 0.25) is 5.91 Å². The second kappa shape index (κ2) is 7.92. The molecule has 0 saturated heterocycles. The van der Waals surface area contributed by atoms with E-state index in [1.54, 1.807) is 18.2 Å². The fraction of sp³-hybridized carbons (Fsp3) is 0.235. The van der Waals surface area contributed by atoms with Gasteiger partial charge in [-0.1, -0.05) is 41.9 Å². The zero-order chi connectivity index (χ0) is 15.9. The molecule has 0 atom stereocenters. The molecule has 5 heteroatoms. The van der Waals surface area contributed by atoms with Crippen LogP contribution in [0.4, 0.5) is 4.39 Å². The molecule has 116 valence electrons. The van der Waals surface area contributed by atoms with E-state index in [1.165, 1.54) is 12.1 Å². The van der Waals surface area contributed by atoms with E-state index in [0.29, 0.717) is 18.1 Å². The van der Waals surface area contributed by atoms with Crippen molar-refractivity contribution in [2.24, 2.45) is 0 Å². The summed E-state index contributed by atoms with van der Waals surface area (Å²) in [6.07, 6.45) is 0. The van der Waals surface area contributed by atoms with Crippen LogP contribution >= 0.6 is 11.6 Å². The van der Waals surface area contributed by atoms with E-state index in [2.05, 4.69) is 5.32 Å². The van der Waals surface area contributed by atoms with Gasteiger partial charge in [0.25, 0.3) is 0 Å². The highest BCUT2D eigenvalue weighted by Gasteiger charge is 2.08. The maximum atomic E-state index is 12.8. The van der Waals surface area contributed by atoms with E-state index in [4.69, 9.17) is 11.6 Å². The molecule has 2 aromatic rings. The van der Waals surface area contributed by atoms with Crippen LogP contribution < -0.4 is 5.32 Å². The van der Waals surface area contributed by atoms with Gasteiger partial charge in [0, 0.05) is 18.1 Å². The lowest BCUT2D eigenvalue weighted by Gasteiger charge is -2.16. The average Bonchev–Trinajstić information content (AvgIpc) is 2.49. The fourth-order valence-electron chi connectivity index (χ4n) is 2.09. The topological polar surface area (TPSA) is 32.3 Å². The number of benzene rings is 2. The predicted molar refractivity (Wildman–Crippen MR) is 86.0 cm³/mol. The van der Waals surface area contributed by atoms with Crippen LogP contribution in [0.25, 0.3) is 0 Å². The Morgan fingerprint density at radius 3 is 2.55 bits per heavy atom. The summed E-state index contributed by atoms with van der Waals surface area (Å²) < 4.78 is 12.8. The minimum atomic E-state index is -0.260. The van der Waals surface area contributed by atoms with Gasteiger partial charge in [-0.3, -0.25) is 9.69 Å². The van der Waals surface area contributed by atoms with Crippen LogP contribution in [-0.4, -0.2) is 24.4 Å². The van der Waals surface area contributed by atoms with Crippen molar-refractivity contribution >= 4 is 17.5 Å². The molecule has 0 bridgehead atoms. The standard InChI is InChI=1S/C17H18ClFN2O/c1-21(11-13-6-8-15(19)9-7-13)12-17(22)20-10-14-4-2-3-5-16(14)18/h2-9H,10-12H2,1H3,(H,20,22). The van der Waals surface area contributed by atoms with Gasteiger partial charge in [0.05, 0.1) is 6.54 Å². The third-order valence-corrected chi connectivity index (χ3v) is 3.58. The molecule has 0 fully saturated rings. The SMILES string of the molecule is CN(CC(=O)NCc1ccccc1Cl)Cc1ccc(F)cc1. The van der Waals surface area contributed by atoms with Gasteiger partial charge >= 0.3 is 0 Å². The van der Waals surface area contributed by atoms with Crippen LogP contribution in [0.1, 0.15) is 11.1 Å². The molecule has 0 spiro atoms. The zero-order valence-corrected chi connectivity index (χ0v) is 13.1. The predicted octanol–water partition coefficient (Wildman–Crippen LogP) is 3.23. The molecule has 0 aliphatic heterocycles. The molecule has 0 unspecified atom stereocenters. The van der Waals surface area contributed by atoms with E-state index in [-0.39, 0.29) is 18.3 Å². The van der Waals surface area contributed by atoms with Gasteiger partial charge in [-0.2, -0.15) is 0 Å². The summed E-state index contributed by atoms with van der Waals surface area (Å²) >= 11 is 6.04. The number of halogens is 2. The Balaban J connectivity index is 1.79. The van der Waals surface area contributed by atoms with E-state index in [1.807, 2.05) is 30.1 Å². The Bertz CT molecular complexity index is 631. The molecule has 0 heterocycles. The van der Waals surface area contributed by atoms with Crippen molar-refractivity contribution < 1.29 is 9.18 Å². The van der Waals surface area contributed by atoms with Crippen molar-refractivity contribution in [2.75, 3.05) is 13.6 Å². The quantitative estimate of drug-likeness (QED) is 0.886. The molecular weight excluding hydrogens is 303 g/mol. The lowest BCUT2D eigenvalue weighted by molar-refractivity contribution is -0.122. The van der Waals surface area contributed by atoms with Gasteiger partial charge < -0.3 is 5.32 Å². The Kier molecular flexibility index (Phi) is 5.92. The second-order valence-corrected chi connectivity index (χ2v) is 5.57. The average molecular weight is 321 g/mol. The van der Waals surface area contributed by atoms with Crippen LogP contribution in [-0.2, 0) is 17.9 Å². The van der Waals surface area contributed by atoms with E-state index < -0.39 is 0 Å². The number of hydrogen-bond donors (Lipinski definition) is 1. The number of likely N-dealkylation sites (N-methyl/N-ethyl adjacent to an activating group) is 1. The summed E-state index contributed by atoms with van der Waals surface area (Å²) in [7, 11) is 1.85.